The van der Waals surface area contributed by atoms with Crippen LogP contribution in [0.1, 0.15) is 17.3 Å². The first-order chi connectivity index (χ1) is 10.4. The van der Waals surface area contributed by atoms with Crippen molar-refractivity contribution in [2.45, 2.75) is 11.8 Å². The first-order valence-corrected chi connectivity index (χ1v) is 8.45. The van der Waals surface area contributed by atoms with E-state index in [0.29, 0.717) is 22.8 Å². The van der Waals surface area contributed by atoms with Gasteiger partial charge in [0.25, 0.3) is 15.9 Å². The quantitative estimate of drug-likeness (QED) is 0.880. The maximum absolute atomic E-state index is 12.2. The molecule has 2 N–H and O–H groups in total. The molecule has 1 amide bonds. The molecular formula is C15H15ClN2O3S. The van der Waals surface area contributed by atoms with Crippen molar-refractivity contribution in [3.05, 3.63) is 59.1 Å². The number of halogens is 1. The van der Waals surface area contributed by atoms with Gasteiger partial charge in [-0.2, -0.15) is 0 Å². The molecule has 0 saturated carbocycles. The molecule has 0 fully saturated rings. The van der Waals surface area contributed by atoms with E-state index in [1.165, 1.54) is 24.3 Å². The first-order valence-electron chi connectivity index (χ1n) is 6.59. The van der Waals surface area contributed by atoms with E-state index in [9.17, 15) is 13.2 Å². The number of benzene rings is 2. The van der Waals surface area contributed by atoms with E-state index >= 15 is 0 Å². The predicted molar refractivity (Wildman–Crippen MR) is 86.7 cm³/mol. The van der Waals surface area contributed by atoms with E-state index in [1.54, 1.807) is 24.3 Å². The molecule has 0 unspecified atom stereocenters. The van der Waals surface area contributed by atoms with Crippen LogP contribution in [0.2, 0.25) is 5.02 Å². The summed E-state index contributed by atoms with van der Waals surface area (Å²) in [6.07, 6.45) is 0. The summed E-state index contributed by atoms with van der Waals surface area (Å²) in [5.41, 5.74) is 0.824. The number of carbonyl (C=O) groups excluding carboxylic acids is 1. The Balaban J connectivity index is 2.19. The average molecular weight is 339 g/mol. The highest BCUT2D eigenvalue weighted by molar-refractivity contribution is 7.92. The van der Waals surface area contributed by atoms with Crippen LogP contribution in [0.25, 0.3) is 0 Å². The second-order valence-electron chi connectivity index (χ2n) is 4.50. The minimum absolute atomic E-state index is 0.0792. The van der Waals surface area contributed by atoms with E-state index in [0.717, 1.165) is 0 Å². The minimum Gasteiger partial charge on any atom is -0.352 e. The van der Waals surface area contributed by atoms with Crippen molar-refractivity contribution in [3.63, 3.8) is 0 Å². The Morgan fingerprint density at radius 3 is 2.18 bits per heavy atom. The fourth-order valence-corrected chi connectivity index (χ4v) is 2.96. The van der Waals surface area contributed by atoms with Crippen molar-refractivity contribution in [1.82, 2.24) is 5.32 Å². The van der Waals surface area contributed by atoms with Gasteiger partial charge in [0.1, 0.15) is 0 Å². The van der Waals surface area contributed by atoms with Gasteiger partial charge in [-0.15, -0.1) is 0 Å². The molecule has 0 heterocycles. The molecule has 116 valence electrons. The van der Waals surface area contributed by atoms with E-state index in [4.69, 9.17) is 11.6 Å². The van der Waals surface area contributed by atoms with E-state index in [-0.39, 0.29) is 10.8 Å². The van der Waals surface area contributed by atoms with Crippen LogP contribution < -0.4 is 10.0 Å². The van der Waals surface area contributed by atoms with Gasteiger partial charge in [0.15, 0.2) is 0 Å². The smallest absolute Gasteiger partial charge is 0.261 e. The van der Waals surface area contributed by atoms with Crippen LogP contribution in [0.3, 0.4) is 0 Å². The number of hydrogen-bond acceptors (Lipinski definition) is 3. The van der Waals surface area contributed by atoms with Gasteiger partial charge in [0.05, 0.1) is 4.90 Å². The summed E-state index contributed by atoms with van der Waals surface area (Å²) in [5.74, 6) is -0.239. The summed E-state index contributed by atoms with van der Waals surface area (Å²) < 4.78 is 26.9. The van der Waals surface area contributed by atoms with Crippen molar-refractivity contribution >= 4 is 33.2 Å². The highest BCUT2D eigenvalue weighted by Gasteiger charge is 2.15. The molecular weight excluding hydrogens is 324 g/mol. The zero-order chi connectivity index (χ0) is 16.2. The average Bonchev–Trinajstić information content (AvgIpc) is 2.50. The second kappa shape index (κ2) is 6.81. The molecule has 0 atom stereocenters. The molecule has 2 aromatic rings. The van der Waals surface area contributed by atoms with E-state index < -0.39 is 10.0 Å². The Hall–Kier alpha value is -2.05. The first kappa shape index (κ1) is 16.3. The summed E-state index contributed by atoms with van der Waals surface area (Å²) in [6, 6.07) is 12.1. The van der Waals surface area contributed by atoms with Crippen LogP contribution in [0.4, 0.5) is 5.69 Å². The number of carbonyl (C=O) groups is 1. The fraction of sp³-hybridized carbons (Fsp3) is 0.133. The molecule has 2 aromatic carbocycles. The highest BCUT2D eigenvalue weighted by atomic mass is 35.5. The fourth-order valence-electron chi connectivity index (χ4n) is 1.78. The summed E-state index contributed by atoms with van der Waals surface area (Å²) in [5, 5.41) is 3.17. The Kier molecular flexibility index (Phi) is 5.05. The van der Waals surface area contributed by atoms with Crippen LogP contribution >= 0.6 is 11.6 Å². The predicted octanol–water partition coefficient (Wildman–Crippen LogP) is 2.89. The Labute approximate surface area is 134 Å². The number of sulfonamides is 1. The van der Waals surface area contributed by atoms with Crippen molar-refractivity contribution in [3.8, 4) is 0 Å². The zero-order valence-corrected chi connectivity index (χ0v) is 13.4. The number of rotatable bonds is 5. The summed E-state index contributed by atoms with van der Waals surface area (Å²) in [6.45, 7) is 2.32. The molecule has 0 aliphatic heterocycles. The van der Waals surface area contributed by atoms with Gasteiger partial charge in [-0.1, -0.05) is 11.6 Å². The molecule has 0 aliphatic carbocycles. The van der Waals surface area contributed by atoms with Crippen molar-refractivity contribution in [1.29, 1.82) is 0 Å². The minimum atomic E-state index is -3.71. The molecule has 0 spiro atoms. The van der Waals surface area contributed by atoms with Gasteiger partial charge in [-0.05, 0) is 55.5 Å². The molecule has 7 heteroatoms. The standard InChI is InChI=1S/C15H15ClN2O3S/c1-2-17-15(19)11-3-9-14(10-4-11)22(20,21)18-13-7-5-12(16)6-8-13/h3-10,18H,2H2,1H3,(H,17,19). The lowest BCUT2D eigenvalue weighted by Crippen LogP contribution is -2.22. The van der Waals surface area contributed by atoms with Crippen LogP contribution in [0, 0.1) is 0 Å². The lowest BCUT2D eigenvalue weighted by atomic mass is 10.2. The number of nitrogens with one attached hydrogen (secondary N) is 2. The van der Waals surface area contributed by atoms with Crippen LogP contribution in [0.5, 0.6) is 0 Å². The Bertz CT molecular complexity index is 756. The van der Waals surface area contributed by atoms with Crippen molar-refractivity contribution in [2.24, 2.45) is 0 Å². The van der Waals surface area contributed by atoms with Crippen LogP contribution in [-0.4, -0.2) is 20.9 Å². The molecule has 22 heavy (non-hydrogen) atoms. The lowest BCUT2D eigenvalue weighted by molar-refractivity contribution is 0.0955. The second-order valence-corrected chi connectivity index (χ2v) is 6.62. The summed E-state index contributed by atoms with van der Waals surface area (Å²) >= 11 is 5.76. The SMILES string of the molecule is CCNC(=O)c1ccc(S(=O)(=O)Nc2ccc(Cl)cc2)cc1. The summed E-state index contributed by atoms with van der Waals surface area (Å²) in [4.78, 5) is 11.7. The largest absolute Gasteiger partial charge is 0.352 e. The van der Waals surface area contributed by atoms with Crippen molar-refractivity contribution in [2.75, 3.05) is 11.3 Å². The third kappa shape index (κ3) is 3.99. The monoisotopic (exact) mass is 338 g/mol. The lowest BCUT2D eigenvalue weighted by Gasteiger charge is -2.09. The van der Waals surface area contributed by atoms with Gasteiger partial charge in [0.2, 0.25) is 0 Å². The molecule has 0 radical (unpaired) electrons. The Morgan fingerprint density at radius 2 is 1.64 bits per heavy atom. The van der Waals surface area contributed by atoms with Crippen LogP contribution in [-0.2, 0) is 10.0 Å². The van der Waals surface area contributed by atoms with E-state index in [2.05, 4.69) is 10.0 Å². The molecule has 0 aliphatic rings. The third-order valence-electron chi connectivity index (χ3n) is 2.86. The molecule has 5 nitrogen and oxygen atoms in total. The summed E-state index contributed by atoms with van der Waals surface area (Å²) in [7, 11) is -3.71. The van der Waals surface area contributed by atoms with Gasteiger partial charge in [-0.3, -0.25) is 9.52 Å². The third-order valence-corrected chi connectivity index (χ3v) is 4.51. The highest BCUT2D eigenvalue weighted by Crippen LogP contribution is 2.18. The van der Waals surface area contributed by atoms with Gasteiger partial charge in [0, 0.05) is 22.8 Å². The van der Waals surface area contributed by atoms with Crippen LogP contribution in [0.15, 0.2) is 53.4 Å². The molecule has 0 saturated heterocycles. The number of hydrogen-bond donors (Lipinski definition) is 2. The number of amides is 1. The van der Waals surface area contributed by atoms with Gasteiger partial charge in [-0.25, -0.2) is 8.42 Å². The topological polar surface area (TPSA) is 75.3 Å². The van der Waals surface area contributed by atoms with Gasteiger partial charge >= 0.3 is 0 Å². The number of anilines is 1. The Morgan fingerprint density at radius 1 is 1.05 bits per heavy atom. The van der Waals surface area contributed by atoms with E-state index in [1.807, 2.05) is 6.92 Å². The molecule has 2 rings (SSSR count). The normalized spacial score (nSPS) is 11.0. The van der Waals surface area contributed by atoms with Gasteiger partial charge < -0.3 is 5.32 Å². The maximum atomic E-state index is 12.2. The van der Waals surface area contributed by atoms with Crippen molar-refractivity contribution < 1.29 is 13.2 Å². The maximum Gasteiger partial charge on any atom is 0.261 e. The molecule has 0 bridgehead atoms. The molecule has 0 aromatic heterocycles. The zero-order valence-electron chi connectivity index (χ0n) is 11.8.